The van der Waals surface area contributed by atoms with Crippen molar-refractivity contribution < 1.29 is 24.6 Å². The van der Waals surface area contributed by atoms with Crippen LogP contribution in [0.15, 0.2) is 0 Å². The van der Waals surface area contributed by atoms with Crippen LogP contribution in [-0.2, 0) is 24.6 Å². The molecule has 0 unspecified atom stereocenters. The van der Waals surface area contributed by atoms with E-state index < -0.39 is 24.6 Å². The van der Waals surface area contributed by atoms with E-state index in [-0.39, 0.29) is 0 Å². The summed E-state index contributed by atoms with van der Waals surface area (Å²) in [5.74, 6) is 0. The Morgan fingerprint density at radius 1 is 1.00 bits per heavy atom. The summed E-state index contributed by atoms with van der Waals surface area (Å²) in [5, 5.41) is 0. The molecule has 0 aliphatic rings. The van der Waals surface area contributed by atoms with Crippen LogP contribution in [0.25, 0.3) is 0 Å². The monoisotopic (exact) mass is 408 g/mol. The van der Waals surface area contributed by atoms with Gasteiger partial charge in [0.15, 0.2) is 0 Å². The molecular formula is C4Br2Hg. The van der Waals surface area contributed by atoms with Crippen LogP contribution >= 0.6 is 31.9 Å². The molecule has 0 saturated heterocycles. The average Bonchev–Trinajstić information content (AvgIpc) is 1.69. The topological polar surface area (TPSA) is 0 Å². The van der Waals surface area contributed by atoms with Crippen LogP contribution in [0, 0.1) is 16.5 Å². The first-order valence-electron chi connectivity index (χ1n) is 1.59. The molecule has 0 heterocycles. The van der Waals surface area contributed by atoms with Crippen LogP contribution in [0.2, 0.25) is 0 Å². The van der Waals surface area contributed by atoms with Crippen molar-refractivity contribution in [2.24, 2.45) is 0 Å². The summed E-state index contributed by atoms with van der Waals surface area (Å²) < 4.78 is 5.87. The SMILES string of the molecule is BrC#[C][Hg][C]#CBr. The van der Waals surface area contributed by atoms with Gasteiger partial charge in [-0.2, -0.15) is 0 Å². The number of hydrogen-bond acceptors (Lipinski definition) is 0. The van der Waals surface area contributed by atoms with Gasteiger partial charge in [0.05, 0.1) is 0 Å². The second-order valence-corrected chi connectivity index (χ2v) is 5.64. The Labute approximate surface area is 72.1 Å². The summed E-state index contributed by atoms with van der Waals surface area (Å²) in [5.41, 5.74) is 0. The van der Waals surface area contributed by atoms with Crippen LogP contribution in [0.3, 0.4) is 0 Å². The molecule has 0 radical (unpaired) electrons. The van der Waals surface area contributed by atoms with Gasteiger partial charge in [0, 0.05) is 0 Å². The van der Waals surface area contributed by atoms with Gasteiger partial charge >= 0.3 is 73.0 Å². The fourth-order valence-electron chi connectivity index (χ4n) is 0.111. The molecule has 0 aliphatic carbocycles. The standard InChI is InChI=1S/2C2Br.Hg/c2*1-2-3;. The quantitative estimate of drug-likeness (QED) is 0.423. The molecule has 0 saturated carbocycles. The summed E-state index contributed by atoms with van der Waals surface area (Å²) in [6.07, 6.45) is 0. The molecular weight excluding hydrogens is 408 g/mol. The molecule has 0 spiro atoms. The van der Waals surface area contributed by atoms with Crippen LogP contribution in [0.1, 0.15) is 0 Å². The number of hydrogen-bond donors (Lipinski definition) is 0. The van der Waals surface area contributed by atoms with Crippen molar-refractivity contribution in [3.8, 4) is 16.5 Å². The molecule has 7 heavy (non-hydrogen) atoms. The van der Waals surface area contributed by atoms with E-state index in [4.69, 9.17) is 0 Å². The molecule has 0 bridgehead atoms. The van der Waals surface area contributed by atoms with Crippen molar-refractivity contribution in [1.82, 2.24) is 0 Å². The number of halogens is 2. The molecule has 0 atom stereocenters. The first kappa shape index (κ1) is 8.02. The molecule has 0 aromatic rings. The zero-order chi connectivity index (χ0) is 5.54. The van der Waals surface area contributed by atoms with Gasteiger partial charge in [0.1, 0.15) is 0 Å². The van der Waals surface area contributed by atoms with Gasteiger partial charge in [0.2, 0.25) is 0 Å². The minimum atomic E-state index is -1.02. The first-order chi connectivity index (χ1) is 3.41. The fourth-order valence-corrected chi connectivity index (χ4v) is 3.43. The van der Waals surface area contributed by atoms with Crippen molar-refractivity contribution in [3.63, 3.8) is 0 Å². The average molecular weight is 408 g/mol. The van der Waals surface area contributed by atoms with E-state index in [1.54, 1.807) is 0 Å². The Morgan fingerprint density at radius 3 is 1.71 bits per heavy atom. The van der Waals surface area contributed by atoms with Crippen LogP contribution in [0.5, 0.6) is 0 Å². The van der Waals surface area contributed by atoms with Crippen molar-refractivity contribution in [3.05, 3.63) is 0 Å². The summed E-state index contributed by atoms with van der Waals surface area (Å²) in [6.45, 7) is 0. The van der Waals surface area contributed by atoms with Gasteiger partial charge in [-0.3, -0.25) is 0 Å². The van der Waals surface area contributed by atoms with Crippen LogP contribution in [-0.4, -0.2) is 0 Å². The second-order valence-electron chi connectivity index (χ2n) is 0.719. The van der Waals surface area contributed by atoms with Crippen molar-refractivity contribution in [2.75, 3.05) is 0 Å². The molecule has 0 nitrogen and oxygen atoms in total. The van der Waals surface area contributed by atoms with E-state index in [0.29, 0.717) is 0 Å². The van der Waals surface area contributed by atoms with Gasteiger partial charge in [-0.05, 0) is 0 Å². The maximum absolute atomic E-state index is 2.99. The Hall–Kier alpha value is 1.02. The third-order valence-corrected chi connectivity index (χ3v) is 7.64. The van der Waals surface area contributed by atoms with Gasteiger partial charge in [-0.25, -0.2) is 0 Å². The predicted molar refractivity (Wildman–Crippen MR) is 33.4 cm³/mol. The van der Waals surface area contributed by atoms with E-state index >= 15 is 0 Å². The van der Waals surface area contributed by atoms with E-state index in [1.807, 2.05) is 0 Å². The zero-order valence-electron chi connectivity index (χ0n) is 3.46. The van der Waals surface area contributed by atoms with E-state index in [0.717, 1.165) is 0 Å². The molecule has 0 amide bonds. The maximum atomic E-state index is 2.99. The van der Waals surface area contributed by atoms with Gasteiger partial charge < -0.3 is 0 Å². The molecule has 0 rings (SSSR count). The molecule has 0 N–H and O–H groups in total. The first-order valence-corrected chi connectivity index (χ1v) is 8.67. The zero-order valence-corrected chi connectivity index (χ0v) is 12.1. The Bertz CT molecular complexity index is 125. The van der Waals surface area contributed by atoms with Crippen molar-refractivity contribution in [2.45, 2.75) is 0 Å². The summed E-state index contributed by atoms with van der Waals surface area (Å²) in [4.78, 5) is 5.28. The summed E-state index contributed by atoms with van der Waals surface area (Å²) in [6, 6.07) is 0. The third kappa shape index (κ3) is 7.02. The molecule has 0 aromatic carbocycles. The van der Waals surface area contributed by atoms with Gasteiger partial charge in [-0.1, -0.05) is 0 Å². The van der Waals surface area contributed by atoms with E-state index in [2.05, 4.69) is 48.4 Å². The van der Waals surface area contributed by atoms with Crippen LogP contribution in [0.4, 0.5) is 0 Å². The molecule has 32 valence electrons. The Morgan fingerprint density at radius 2 is 1.43 bits per heavy atom. The second kappa shape index (κ2) is 7.02. The molecule has 0 aliphatic heterocycles. The summed E-state index contributed by atoms with van der Waals surface area (Å²) >= 11 is 4.96. The van der Waals surface area contributed by atoms with E-state index in [9.17, 15) is 0 Å². The minimum absolute atomic E-state index is 1.02. The molecule has 3 heteroatoms. The van der Waals surface area contributed by atoms with Gasteiger partial charge in [-0.15, -0.1) is 0 Å². The Balaban J connectivity index is 3.21. The Kier molecular flexibility index (Phi) is 8.03. The van der Waals surface area contributed by atoms with Crippen molar-refractivity contribution in [1.29, 1.82) is 0 Å². The van der Waals surface area contributed by atoms with E-state index in [1.165, 1.54) is 0 Å². The van der Waals surface area contributed by atoms with Gasteiger partial charge in [0.25, 0.3) is 0 Å². The van der Waals surface area contributed by atoms with Crippen molar-refractivity contribution >= 4 is 31.9 Å². The fraction of sp³-hybridized carbons (Fsp3) is 0. The predicted octanol–water partition coefficient (Wildman–Crippen LogP) is 1.70. The number of rotatable bonds is 0. The normalized spacial score (nSPS) is 3.71. The summed E-state index contributed by atoms with van der Waals surface area (Å²) in [7, 11) is 0. The third-order valence-electron chi connectivity index (χ3n) is 0.310. The molecule has 0 fully saturated rings. The molecule has 0 aromatic heterocycles. The van der Waals surface area contributed by atoms with Crippen LogP contribution < -0.4 is 0 Å².